The highest BCUT2D eigenvalue weighted by Crippen LogP contribution is 2.35. The van der Waals surface area contributed by atoms with Gasteiger partial charge in [-0.1, -0.05) is 11.6 Å². The Morgan fingerprint density at radius 1 is 1.47 bits per heavy atom. The standard InChI is InChI=1S/C10H7ClFN3O2/c11-7-6(12)3-5-8(13-7)15(4-1-2-4)10(17)14-9(5)16/h3-4H,1-2H2,(H,14,16,17). The molecule has 2 heterocycles. The van der Waals surface area contributed by atoms with Crippen molar-refractivity contribution in [3.63, 3.8) is 0 Å². The summed E-state index contributed by atoms with van der Waals surface area (Å²) in [5.74, 6) is -0.773. The monoisotopic (exact) mass is 255 g/mol. The van der Waals surface area contributed by atoms with E-state index in [4.69, 9.17) is 11.6 Å². The Bertz CT molecular complexity index is 733. The molecule has 2 aromatic rings. The van der Waals surface area contributed by atoms with Crippen LogP contribution >= 0.6 is 11.6 Å². The fourth-order valence-corrected chi connectivity index (χ4v) is 1.94. The minimum absolute atomic E-state index is 0.0240. The number of rotatable bonds is 1. The highest BCUT2D eigenvalue weighted by Gasteiger charge is 2.28. The summed E-state index contributed by atoms with van der Waals surface area (Å²) in [6.45, 7) is 0. The number of aromatic nitrogens is 3. The molecule has 0 bridgehead atoms. The number of hydrogen-bond donors (Lipinski definition) is 1. The number of fused-ring (bicyclic) bond motifs is 1. The Kier molecular flexibility index (Phi) is 2.09. The molecule has 0 atom stereocenters. The summed E-state index contributed by atoms with van der Waals surface area (Å²) < 4.78 is 14.6. The second-order valence-electron chi connectivity index (χ2n) is 3.99. The van der Waals surface area contributed by atoms with E-state index in [0.29, 0.717) is 0 Å². The first-order valence-electron chi connectivity index (χ1n) is 5.08. The first-order chi connectivity index (χ1) is 8.08. The van der Waals surface area contributed by atoms with Crippen molar-refractivity contribution in [2.45, 2.75) is 18.9 Å². The molecule has 0 aromatic carbocycles. The fraction of sp³-hybridized carbons (Fsp3) is 0.300. The number of pyridine rings is 1. The van der Waals surface area contributed by atoms with Gasteiger partial charge in [0, 0.05) is 6.04 Å². The molecule has 0 aliphatic heterocycles. The maximum absolute atomic E-state index is 13.2. The third-order valence-electron chi connectivity index (χ3n) is 2.74. The van der Waals surface area contributed by atoms with Crippen molar-refractivity contribution < 1.29 is 4.39 Å². The highest BCUT2D eigenvalue weighted by molar-refractivity contribution is 6.29. The normalized spacial score (nSPS) is 15.4. The molecular formula is C10H7ClFN3O2. The summed E-state index contributed by atoms with van der Waals surface area (Å²) in [5.41, 5.74) is -1.03. The van der Waals surface area contributed by atoms with Crippen molar-refractivity contribution >= 4 is 22.6 Å². The van der Waals surface area contributed by atoms with Crippen LogP contribution in [-0.2, 0) is 0 Å². The molecule has 1 aliphatic rings. The maximum Gasteiger partial charge on any atom is 0.330 e. The quantitative estimate of drug-likeness (QED) is 0.779. The first kappa shape index (κ1) is 10.5. The van der Waals surface area contributed by atoms with E-state index in [-0.39, 0.29) is 22.2 Å². The first-order valence-corrected chi connectivity index (χ1v) is 5.46. The Labute approximate surface area is 98.9 Å². The summed E-state index contributed by atoms with van der Waals surface area (Å²) in [6, 6.07) is 1.03. The lowest BCUT2D eigenvalue weighted by Crippen LogP contribution is -2.30. The number of aromatic amines is 1. The van der Waals surface area contributed by atoms with Crippen LogP contribution in [0.25, 0.3) is 11.0 Å². The molecular weight excluding hydrogens is 249 g/mol. The second-order valence-corrected chi connectivity index (χ2v) is 4.35. The van der Waals surface area contributed by atoms with Gasteiger partial charge in [0.25, 0.3) is 5.56 Å². The van der Waals surface area contributed by atoms with Crippen molar-refractivity contribution in [1.82, 2.24) is 14.5 Å². The van der Waals surface area contributed by atoms with Crippen LogP contribution in [0.2, 0.25) is 5.15 Å². The Morgan fingerprint density at radius 2 is 2.18 bits per heavy atom. The van der Waals surface area contributed by atoms with Gasteiger partial charge in [-0.15, -0.1) is 0 Å². The summed E-state index contributed by atoms with van der Waals surface area (Å²) in [7, 11) is 0. The van der Waals surface area contributed by atoms with Gasteiger partial charge >= 0.3 is 5.69 Å². The molecule has 0 radical (unpaired) electrons. The van der Waals surface area contributed by atoms with Crippen LogP contribution in [0.5, 0.6) is 0 Å². The number of H-pyrrole nitrogens is 1. The average Bonchev–Trinajstić information content (AvgIpc) is 3.05. The summed E-state index contributed by atoms with van der Waals surface area (Å²) in [5, 5.41) is -0.296. The second kappa shape index (κ2) is 3.40. The molecule has 1 saturated carbocycles. The van der Waals surface area contributed by atoms with Gasteiger partial charge in [-0.3, -0.25) is 14.3 Å². The van der Waals surface area contributed by atoms with Crippen LogP contribution in [0, 0.1) is 5.82 Å². The smallest absolute Gasteiger partial charge is 0.274 e. The number of hydrogen-bond acceptors (Lipinski definition) is 3. The summed E-state index contributed by atoms with van der Waals surface area (Å²) in [4.78, 5) is 29.1. The number of halogens is 2. The maximum atomic E-state index is 13.2. The average molecular weight is 256 g/mol. The third kappa shape index (κ3) is 1.56. The van der Waals surface area contributed by atoms with Gasteiger partial charge in [-0.2, -0.15) is 0 Å². The minimum atomic E-state index is -0.773. The van der Waals surface area contributed by atoms with E-state index in [1.807, 2.05) is 0 Å². The van der Waals surface area contributed by atoms with Crippen LogP contribution in [0.4, 0.5) is 4.39 Å². The minimum Gasteiger partial charge on any atom is -0.274 e. The fourth-order valence-electron chi connectivity index (χ4n) is 1.80. The van der Waals surface area contributed by atoms with Crippen molar-refractivity contribution in [3.05, 3.63) is 37.9 Å². The van der Waals surface area contributed by atoms with Crippen LogP contribution in [0.3, 0.4) is 0 Å². The van der Waals surface area contributed by atoms with Gasteiger partial charge in [-0.05, 0) is 18.9 Å². The molecule has 0 amide bonds. The molecule has 5 nitrogen and oxygen atoms in total. The van der Waals surface area contributed by atoms with E-state index >= 15 is 0 Å². The van der Waals surface area contributed by atoms with Gasteiger partial charge < -0.3 is 0 Å². The van der Waals surface area contributed by atoms with Crippen LogP contribution in [0.15, 0.2) is 15.7 Å². The molecule has 1 N–H and O–H groups in total. The largest absolute Gasteiger partial charge is 0.330 e. The summed E-state index contributed by atoms with van der Waals surface area (Å²) in [6.07, 6.45) is 1.69. The molecule has 7 heteroatoms. The Hall–Kier alpha value is -1.69. The zero-order valence-electron chi connectivity index (χ0n) is 8.54. The SMILES string of the molecule is O=c1[nH]c(=O)n(C2CC2)c2nc(Cl)c(F)cc12. The van der Waals surface area contributed by atoms with E-state index in [1.54, 1.807) is 0 Å². The van der Waals surface area contributed by atoms with Crippen molar-refractivity contribution in [1.29, 1.82) is 0 Å². The third-order valence-corrected chi connectivity index (χ3v) is 3.00. The highest BCUT2D eigenvalue weighted by atomic mass is 35.5. The van der Waals surface area contributed by atoms with Gasteiger partial charge in [0.2, 0.25) is 0 Å². The van der Waals surface area contributed by atoms with E-state index in [2.05, 4.69) is 9.97 Å². The topological polar surface area (TPSA) is 67.8 Å². The zero-order valence-corrected chi connectivity index (χ0v) is 9.29. The summed E-state index contributed by atoms with van der Waals surface area (Å²) >= 11 is 5.58. The lowest BCUT2D eigenvalue weighted by molar-refractivity contribution is 0.621. The van der Waals surface area contributed by atoms with Gasteiger partial charge in [0.1, 0.15) is 0 Å². The van der Waals surface area contributed by atoms with Crippen molar-refractivity contribution in [2.75, 3.05) is 0 Å². The zero-order chi connectivity index (χ0) is 12.2. The van der Waals surface area contributed by atoms with Crippen molar-refractivity contribution in [2.24, 2.45) is 0 Å². The van der Waals surface area contributed by atoms with Crippen molar-refractivity contribution in [3.8, 4) is 0 Å². The predicted octanol–water partition coefficient (Wildman–Crippen LogP) is 1.21. The lowest BCUT2D eigenvalue weighted by Gasteiger charge is -2.07. The lowest BCUT2D eigenvalue weighted by atomic mass is 10.3. The van der Waals surface area contributed by atoms with E-state index in [1.165, 1.54) is 4.57 Å². The van der Waals surface area contributed by atoms with Gasteiger partial charge in [0.15, 0.2) is 16.6 Å². The van der Waals surface area contributed by atoms with E-state index in [9.17, 15) is 14.0 Å². The number of nitrogens with zero attached hydrogens (tertiary/aromatic N) is 2. The van der Waals surface area contributed by atoms with Gasteiger partial charge in [-0.25, -0.2) is 14.2 Å². The predicted molar refractivity (Wildman–Crippen MR) is 59.9 cm³/mol. The molecule has 0 saturated heterocycles. The van der Waals surface area contributed by atoms with Crippen LogP contribution < -0.4 is 11.2 Å². The Morgan fingerprint density at radius 3 is 2.82 bits per heavy atom. The van der Waals surface area contributed by atoms with Crippen LogP contribution in [0.1, 0.15) is 18.9 Å². The molecule has 1 fully saturated rings. The van der Waals surface area contributed by atoms with Crippen LogP contribution in [-0.4, -0.2) is 14.5 Å². The van der Waals surface area contributed by atoms with Gasteiger partial charge in [0.05, 0.1) is 5.39 Å². The molecule has 0 unspecified atom stereocenters. The van der Waals surface area contributed by atoms with E-state index in [0.717, 1.165) is 18.9 Å². The molecule has 2 aromatic heterocycles. The molecule has 1 aliphatic carbocycles. The number of nitrogens with one attached hydrogen (secondary N) is 1. The molecule has 17 heavy (non-hydrogen) atoms. The molecule has 3 rings (SSSR count). The van der Waals surface area contributed by atoms with E-state index < -0.39 is 17.1 Å². The molecule has 0 spiro atoms. The Balaban J connectivity index is 2.51. The molecule has 88 valence electrons.